The quantitative estimate of drug-likeness (QED) is 0.183. The summed E-state index contributed by atoms with van der Waals surface area (Å²) in [6.07, 6.45) is 5.37. The minimum atomic E-state index is -3.04. The van der Waals surface area contributed by atoms with Gasteiger partial charge < -0.3 is 0 Å². The Bertz CT molecular complexity index is 1590. The van der Waals surface area contributed by atoms with Crippen molar-refractivity contribution in [3.8, 4) is 22.3 Å². The Morgan fingerprint density at radius 1 is 0.600 bits per heavy atom. The average molecular weight is 744 g/mol. The summed E-state index contributed by atoms with van der Waals surface area (Å²) in [4.78, 5) is 0. The summed E-state index contributed by atoms with van der Waals surface area (Å²) in [5.74, 6) is 0. The van der Waals surface area contributed by atoms with Gasteiger partial charge in [-0.3, -0.25) is 0 Å². The molecule has 1 aliphatic heterocycles. The molecule has 4 aromatic rings. The van der Waals surface area contributed by atoms with Gasteiger partial charge in [-0.1, -0.05) is 0 Å². The van der Waals surface area contributed by atoms with E-state index < -0.39 is 28.0 Å². The molecule has 4 heteroatoms. The Kier molecular flexibility index (Phi) is 6.59. The molecule has 40 heavy (non-hydrogen) atoms. The molecule has 0 N–H and O–H groups in total. The molecule has 0 bridgehead atoms. The first-order valence-corrected chi connectivity index (χ1v) is 29.0. The Labute approximate surface area is 254 Å². The number of hydrogen-bond acceptors (Lipinski definition) is 0. The first-order chi connectivity index (χ1) is 19.3. The van der Waals surface area contributed by atoms with Crippen molar-refractivity contribution < 1.29 is 20.0 Å². The number of benzene rings is 4. The Morgan fingerprint density at radius 3 is 1.38 bits per heavy atom. The molecule has 200 valence electrons. The SMILES string of the molecule is CC[Si]1(CC)C2=Cc3c(-c4ccc(Cl)cc4)cccc3[CH]2[Hf]([CH3])([CH3])[CH]2C1=Cc1c(-c3ccc(Cl)cc3)cccc12. The van der Waals surface area contributed by atoms with Crippen LogP contribution in [0.1, 0.15) is 43.5 Å². The molecule has 7 rings (SSSR count). The van der Waals surface area contributed by atoms with Crippen LogP contribution in [0.4, 0.5) is 0 Å². The van der Waals surface area contributed by atoms with E-state index in [1.165, 1.54) is 45.5 Å². The number of halogens is 2. The Balaban J connectivity index is 1.46. The third-order valence-electron chi connectivity index (χ3n) is 10.2. The normalized spacial score (nSPS) is 21.1. The number of rotatable bonds is 4. The van der Waals surface area contributed by atoms with E-state index >= 15 is 0 Å². The maximum atomic E-state index is 6.27. The van der Waals surface area contributed by atoms with E-state index in [1.54, 1.807) is 11.1 Å². The zero-order valence-electron chi connectivity index (χ0n) is 23.6. The van der Waals surface area contributed by atoms with E-state index in [9.17, 15) is 0 Å². The third kappa shape index (κ3) is 3.79. The molecule has 0 spiro atoms. The van der Waals surface area contributed by atoms with Crippen molar-refractivity contribution in [3.05, 3.63) is 128 Å². The average Bonchev–Trinajstić information content (AvgIpc) is 3.56. The van der Waals surface area contributed by atoms with E-state index in [0.717, 1.165) is 10.0 Å². The van der Waals surface area contributed by atoms with E-state index in [-0.39, 0.29) is 0 Å². The summed E-state index contributed by atoms with van der Waals surface area (Å²) in [5, 5.41) is 5.26. The summed E-state index contributed by atoms with van der Waals surface area (Å²) in [6.45, 7) is 4.96. The van der Waals surface area contributed by atoms with Crippen LogP contribution >= 0.6 is 23.2 Å². The predicted molar refractivity (Wildman–Crippen MR) is 174 cm³/mol. The molecule has 2 unspecified atom stereocenters. The molecule has 1 saturated heterocycles. The number of hydrogen-bond donors (Lipinski definition) is 0. The summed E-state index contributed by atoms with van der Waals surface area (Å²) in [5.41, 5.74) is 11.4. The molecule has 4 aromatic carbocycles. The standard InChI is InChI=1S/C34H28Cl2Si.2CH3.Hf/c1-3-37(4-2,29-19-25-7-5-9-31(33(25)21-29)23-11-15-27(35)16-12-23)30-20-26-8-6-10-32(34(26)22-30)24-13-17-28(36)18-14-24;;;/h5-22H,3-4H2,1-2H3;2*1H3;. The first-order valence-electron chi connectivity index (χ1n) is 14.5. The van der Waals surface area contributed by atoms with Gasteiger partial charge in [-0.05, 0) is 0 Å². The van der Waals surface area contributed by atoms with E-state index in [4.69, 9.17) is 23.2 Å². The number of allylic oxidation sites excluding steroid dienone is 2. The van der Waals surface area contributed by atoms with Crippen LogP contribution in [0.3, 0.4) is 0 Å². The summed E-state index contributed by atoms with van der Waals surface area (Å²) < 4.78 is 6.80. The van der Waals surface area contributed by atoms with Crippen molar-refractivity contribution in [2.45, 2.75) is 42.6 Å². The van der Waals surface area contributed by atoms with E-state index in [0.29, 0.717) is 7.35 Å². The maximum absolute atomic E-state index is 6.27. The van der Waals surface area contributed by atoms with Gasteiger partial charge in [0.15, 0.2) is 0 Å². The minimum absolute atomic E-state index is 0.647. The van der Waals surface area contributed by atoms with Gasteiger partial charge in [-0.25, -0.2) is 0 Å². The van der Waals surface area contributed by atoms with Crippen LogP contribution in [0.5, 0.6) is 0 Å². The molecule has 2 atom stereocenters. The summed E-state index contributed by atoms with van der Waals surface area (Å²) in [6, 6.07) is 33.5. The molecule has 3 aliphatic rings. The summed E-state index contributed by atoms with van der Waals surface area (Å²) >= 11 is 9.50. The molecule has 0 nitrogen and oxygen atoms in total. The zero-order chi connectivity index (χ0) is 27.8. The second-order valence-corrected chi connectivity index (χ2v) is 35.1. The van der Waals surface area contributed by atoms with E-state index in [2.05, 4.69) is 96.0 Å². The molecule has 1 fully saturated rings. The van der Waals surface area contributed by atoms with Gasteiger partial charge in [0.25, 0.3) is 0 Å². The molecule has 2 aliphatic carbocycles. The van der Waals surface area contributed by atoms with E-state index in [1.807, 2.05) is 34.7 Å². The number of fused-ring (bicyclic) bond motifs is 6. The summed E-state index contributed by atoms with van der Waals surface area (Å²) in [7, 11) is -1.91. The van der Waals surface area contributed by atoms with Crippen molar-refractivity contribution in [1.29, 1.82) is 0 Å². The van der Waals surface area contributed by atoms with Crippen LogP contribution < -0.4 is 0 Å². The molecule has 0 radical (unpaired) electrons. The van der Waals surface area contributed by atoms with Crippen LogP contribution in [0, 0.1) is 0 Å². The van der Waals surface area contributed by atoms with Gasteiger partial charge in [0.2, 0.25) is 0 Å². The predicted octanol–water partition coefficient (Wildman–Crippen LogP) is 11.7. The fourth-order valence-electron chi connectivity index (χ4n) is 8.40. The fraction of sp³-hybridized carbons (Fsp3) is 0.222. The van der Waals surface area contributed by atoms with Crippen molar-refractivity contribution in [1.82, 2.24) is 0 Å². The molecule has 0 amide bonds. The van der Waals surface area contributed by atoms with Gasteiger partial charge >= 0.3 is 256 Å². The van der Waals surface area contributed by atoms with Crippen LogP contribution in [0.2, 0.25) is 31.5 Å². The second-order valence-electron chi connectivity index (χ2n) is 12.3. The van der Waals surface area contributed by atoms with Crippen molar-refractivity contribution in [2.24, 2.45) is 0 Å². The molecular weight excluding hydrogens is 710 g/mol. The van der Waals surface area contributed by atoms with Crippen molar-refractivity contribution >= 4 is 43.4 Å². The van der Waals surface area contributed by atoms with Crippen molar-refractivity contribution in [3.63, 3.8) is 0 Å². The van der Waals surface area contributed by atoms with Crippen molar-refractivity contribution in [2.75, 3.05) is 0 Å². The topological polar surface area (TPSA) is 0 Å². The van der Waals surface area contributed by atoms with Gasteiger partial charge in [-0.2, -0.15) is 0 Å². The third-order valence-corrected chi connectivity index (χ3v) is 33.5. The van der Waals surface area contributed by atoms with Crippen LogP contribution in [0.15, 0.2) is 95.3 Å². The van der Waals surface area contributed by atoms with Gasteiger partial charge in [0.1, 0.15) is 0 Å². The second kappa shape index (κ2) is 9.80. The molecule has 0 saturated carbocycles. The molecule has 0 aromatic heterocycles. The van der Waals surface area contributed by atoms with Gasteiger partial charge in [0.05, 0.1) is 0 Å². The first kappa shape index (κ1) is 26.9. The monoisotopic (exact) mass is 744 g/mol. The van der Waals surface area contributed by atoms with Gasteiger partial charge in [-0.15, -0.1) is 0 Å². The fourth-order valence-corrected chi connectivity index (χ4v) is 40.5. The zero-order valence-corrected chi connectivity index (χ0v) is 29.7. The van der Waals surface area contributed by atoms with Gasteiger partial charge in [0, 0.05) is 0 Å². The van der Waals surface area contributed by atoms with Crippen LogP contribution in [-0.2, 0) is 20.0 Å². The van der Waals surface area contributed by atoms with Crippen LogP contribution in [-0.4, -0.2) is 8.07 Å². The Hall–Kier alpha value is -1.97. The Morgan fingerprint density at radius 2 is 1.00 bits per heavy atom. The molecule has 1 heterocycles. The molecular formula is C36H34Cl2HfSi. The van der Waals surface area contributed by atoms with Crippen LogP contribution in [0.25, 0.3) is 34.4 Å².